The Morgan fingerprint density at radius 1 is 1.48 bits per heavy atom. The number of nitriles is 1. The number of hydrogen-bond donors (Lipinski definition) is 2. The minimum Gasteiger partial charge on any atom is -0.326 e. The van der Waals surface area contributed by atoms with E-state index in [0.717, 1.165) is 24.3 Å². The van der Waals surface area contributed by atoms with Crippen molar-refractivity contribution in [3.8, 4) is 6.07 Å². The van der Waals surface area contributed by atoms with Gasteiger partial charge in [0.25, 0.3) is 0 Å². The lowest BCUT2D eigenvalue weighted by atomic mass is 9.85. The molecule has 0 aromatic heterocycles. The van der Waals surface area contributed by atoms with Crippen LogP contribution in [0.25, 0.3) is 0 Å². The first-order valence-electron chi connectivity index (χ1n) is 7.65. The zero-order chi connectivity index (χ0) is 15.1. The summed E-state index contributed by atoms with van der Waals surface area (Å²) in [6, 6.07) is 9.59. The number of piperidine rings is 1. The molecule has 112 valence electrons. The van der Waals surface area contributed by atoms with Gasteiger partial charge in [0.1, 0.15) is 0 Å². The molecule has 1 saturated heterocycles. The summed E-state index contributed by atoms with van der Waals surface area (Å²) in [6.45, 7) is 4.29. The number of hydrogen-bond acceptors (Lipinski definition) is 3. The summed E-state index contributed by atoms with van der Waals surface area (Å²) in [4.78, 5) is 12.1. The Kier molecular flexibility index (Phi) is 5.77. The third kappa shape index (κ3) is 4.87. The largest absolute Gasteiger partial charge is 0.326 e. The predicted octanol–water partition coefficient (Wildman–Crippen LogP) is 2.72. The topological polar surface area (TPSA) is 64.9 Å². The summed E-state index contributed by atoms with van der Waals surface area (Å²) < 4.78 is 0. The SMILES string of the molecule is CC(CC(=O)Nc1ccc(CC#N)cc1)C1CCCNC1. The molecular weight excluding hydrogens is 262 g/mol. The first-order valence-corrected chi connectivity index (χ1v) is 7.65. The third-order valence-electron chi connectivity index (χ3n) is 4.17. The lowest BCUT2D eigenvalue weighted by Gasteiger charge is -2.28. The van der Waals surface area contributed by atoms with Crippen molar-refractivity contribution in [2.24, 2.45) is 11.8 Å². The molecule has 2 unspecified atom stereocenters. The fraction of sp³-hybridized carbons (Fsp3) is 0.529. The Bertz CT molecular complexity index is 498. The maximum atomic E-state index is 12.1. The van der Waals surface area contributed by atoms with Gasteiger partial charge in [-0.3, -0.25) is 4.79 Å². The average Bonchev–Trinajstić information content (AvgIpc) is 2.50. The Balaban J connectivity index is 1.82. The molecule has 4 heteroatoms. The molecule has 0 aliphatic carbocycles. The monoisotopic (exact) mass is 285 g/mol. The van der Waals surface area contributed by atoms with Crippen LogP contribution in [0.15, 0.2) is 24.3 Å². The van der Waals surface area contributed by atoms with Crippen molar-refractivity contribution in [1.29, 1.82) is 5.26 Å². The summed E-state index contributed by atoms with van der Waals surface area (Å²) in [5.74, 6) is 1.07. The van der Waals surface area contributed by atoms with Crippen LogP contribution in [-0.2, 0) is 11.2 Å². The van der Waals surface area contributed by atoms with E-state index in [2.05, 4.69) is 23.6 Å². The number of nitrogens with zero attached hydrogens (tertiary/aromatic N) is 1. The van der Waals surface area contributed by atoms with Crippen molar-refractivity contribution in [2.45, 2.75) is 32.6 Å². The van der Waals surface area contributed by atoms with Crippen LogP contribution >= 0.6 is 0 Å². The lowest BCUT2D eigenvalue weighted by Crippen LogP contribution is -2.34. The van der Waals surface area contributed by atoms with Crippen molar-refractivity contribution < 1.29 is 4.79 Å². The van der Waals surface area contributed by atoms with Gasteiger partial charge in [0.2, 0.25) is 5.91 Å². The van der Waals surface area contributed by atoms with E-state index in [1.54, 1.807) is 0 Å². The molecule has 2 atom stereocenters. The van der Waals surface area contributed by atoms with Gasteiger partial charge in [0.15, 0.2) is 0 Å². The molecule has 2 rings (SSSR count). The van der Waals surface area contributed by atoms with Crippen molar-refractivity contribution in [1.82, 2.24) is 5.32 Å². The van der Waals surface area contributed by atoms with E-state index in [9.17, 15) is 4.79 Å². The van der Waals surface area contributed by atoms with E-state index in [0.29, 0.717) is 24.7 Å². The van der Waals surface area contributed by atoms with E-state index in [1.165, 1.54) is 12.8 Å². The Hall–Kier alpha value is -1.86. The van der Waals surface area contributed by atoms with Gasteiger partial charge < -0.3 is 10.6 Å². The summed E-state index contributed by atoms with van der Waals surface area (Å²) in [5.41, 5.74) is 1.77. The van der Waals surface area contributed by atoms with E-state index >= 15 is 0 Å². The molecule has 1 aromatic rings. The van der Waals surface area contributed by atoms with E-state index < -0.39 is 0 Å². The van der Waals surface area contributed by atoms with Crippen molar-refractivity contribution in [2.75, 3.05) is 18.4 Å². The molecule has 1 heterocycles. The first-order chi connectivity index (χ1) is 10.2. The van der Waals surface area contributed by atoms with Gasteiger partial charge in [-0.25, -0.2) is 0 Å². The summed E-state index contributed by atoms with van der Waals surface area (Å²) in [6.07, 6.45) is 3.38. The average molecular weight is 285 g/mol. The lowest BCUT2D eigenvalue weighted by molar-refractivity contribution is -0.117. The minimum atomic E-state index is 0.0705. The summed E-state index contributed by atoms with van der Waals surface area (Å²) >= 11 is 0. The Morgan fingerprint density at radius 2 is 2.24 bits per heavy atom. The summed E-state index contributed by atoms with van der Waals surface area (Å²) in [5, 5.41) is 15.0. The highest BCUT2D eigenvalue weighted by atomic mass is 16.1. The van der Waals surface area contributed by atoms with Crippen molar-refractivity contribution >= 4 is 11.6 Å². The number of rotatable bonds is 5. The molecule has 4 nitrogen and oxygen atoms in total. The number of carbonyl (C=O) groups is 1. The molecule has 0 saturated carbocycles. The first kappa shape index (κ1) is 15.5. The molecule has 1 aromatic carbocycles. The van der Waals surface area contributed by atoms with E-state index in [1.807, 2.05) is 24.3 Å². The molecule has 1 aliphatic heterocycles. The second kappa shape index (κ2) is 7.80. The fourth-order valence-electron chi connectivity index (χ4n) is 2.83. The minimum absolute atomic E-state index is 0.0705. The number of nitrogens with one attached hydrogen (secondary N) is 2. The smallest absolute Gasteiger partial charge is 0.224 e. The molecular formula is C17H23N3O. The molecule has 1 fully saturated rings. The van der Waals surface area contributed by atoms with Gasteiger partial charge in [-0.15, -0.1) is 0 Å². The summed E-state index contributed by atoms with van der Waals surface area (Å²) in [7, 11) is 0. The number of amides is 1. The standard InChI is InChI=1S/C17H23N3O/c1-13(15-3-2-10-19-12-15)11-17(21)20-16-6-4-14(5-7-16)8-9-18/h4-7,13,15,19H,2-3,8,10-12H2,1H3,(H,20,21). The van der Waals surface area contributed by atoms with Crippen LogP contribution in [0.1, 0.15) is 31.7 Å². The number of anilines is 1. The van der Waals surface area contributed by atoms with Crippen LogP contribution in [0.5, 0.6) is 0 Å². The van der Waals surface area contributed by atoms with Crippen molar-refractivity contribution in [3.63, 3.8) is 0 Å². The zero-order valence-electron chi connectivity index (χ0n) is 12.6. The fourth-order valence-corrected chi connectivity index (χ4v) is 2.83. The predicted molar refractivity (Wildman–Crippen MR) is 83.8 cm³/mol. The zero-order valence-corrected chi connectivity index (χ0v) is 12.6. The highest BCUT2D eigenvalue weighted by Gasteiger charge is 2.21. The maximum Gasteiger partial charge on any atom is 0.224 e. The normalized spacial score (nSPS) is 19.5. The van der Waals surface area contributed by atoms with Crippen LogP contribution < -0.4 is 10.6 Å². The molecule has 0 spiro atoms. The van der Waals surface area contributed by atoms with Gasteiger partial charge >= 0.3 is 0 Å². The van der Waals surface area contributed by atoms with Gasteiger partial charge in [0.05, 0.1) is 12.5 Å². The number of benzene rings is 1. The van der Waals surface area contributed by atoms with Gasteiger partial charge in [-0.2, -0.15) is 5.26 Å². The van der Waals surface area contributed by atoms with Crippen LogP contribution in [-0.4, -0.2) is 19.0 Å². The van der Waals surface area contributed by atoms with Crippen LogP contribution in [0.4, 0.5) is 5.69 Å². The van der Waals surface area contributed by atoms with Crippen LogP contribution in [0.2, 0.25) is 0 Å². The van der Waals surface area contributed by atoms with Gasteiger partial charge in [0, 0.05) is 12.1 Å². The highest BCUT2D eigenvalue weighted by Crippen LogP contribution is 2.23. The molecule has 1 aliphatic rings. The quantitative estimate of drug-likeness (QED) is 0.874. The highest BCUT2D eigenvalue weighted by molar-refractivity contribution is 5.90. The molecule has 2 N–H and O–H groups in total. The number of carbonyl (C=O) groups excluding carboxylic acids is 1. The maximum absolute atomic E-state index is 12.1. The Labute approximate surface area is 126 Å². The van der Waals surface area contributed by atoms with E-state index in [4.69, 9.17) is 5.26 Å². The molecule has 21 heavy (non-hydrogen) atoms. The van der Waals surface area contributed by atoms with Crippen LogP contribution in [0, 0.1) is 23.2 Å². The van der Waals surface area contributed by atoms with Gasteiger partial charge in [-0.05, 0) is 55.5 Å². The molecule has 1 amide bonds. The molecule has 0 radical (unpaired) electrons. The van der Waals surface area contributed by atoms with Crippen molar-refractivity contribution in [3.05, 3.63) is 29.8 Å². The van der Waals surface area contributed by atoms with Crippen LogP contribution in [0.3, 0.4) is 0 Å². The second-order valence-corrected chi connectivity index (χ2v) is 5.87. The molecule has 0 bridgehead atoms. The Morgan fingerprint density at radius 3 is 2.86 bits per heavy atom. The van der Waals surface area contributed by atoms with Gasteiger partial charge in [-0.1, -0.05) is 19.1 Å². The second-order valence-electron chi connectivity index (χ2n) is 5.87. The third-order valence-corrected chi connectivity index (χ3v) is 4.17. The van der Waals surface area contributed by atoms with E-state index in [-0.39, 0.29) is 5.91 Å².